The molecule has 52 valence electrons. The summed E-state index contributed by atoms with van der Waals surface area (Å²) in [6, 6.07) is 0. The van der Waals surface area contributed by atoms with E-state index in [2.05, 4.69) is 34.2 Å². The number of hydrogen-bond acceptors (Lipinski definition) is 2. The summed E-state index contributed by atoms with van der Waals surface area (Å²) < 4.78 is 4.34. The minimum Gasteiger partial charge on any atom is -0.272 e. The van der Waals surface area contributed by atoms with E-state index in [4.69, 9.17) is 0 Å². The van der Waals surface area contributed by atoms with Crippen molar-refractivity contribution < 1.29 is 0 Å². The molecule has 2 aliphatic rings. The van der Waals surface area contributed by atoms with Crippen molar-refractivity contribution in [2.75, 3.05) is 6.54 Å². The number of nitrogens with zero attached hydrogens (tertiary/aromatic N) is 1. The van der Waals surface area contributed by atoms with Crippen LogP contribution in [0.25, 0.3) is 0 Å². The highest BCUT2D eigenvalue weighted by Crippen LogP contribution is 2.42. The van der Waals surface area contributed by atoms with Gasteiger partial charge in [-0.3, -0.25) is 9.85 Å². The molecule has 0 fully saturated rings. The van der Waals surface area contributed by atoms with Crippen molar-refractivity contribution in [1.29, 1.82) is 0 Å². The third-order valence-electron chi connectivity index (χ3n) is 1.56. The van der Waals surface area contributed by atoms with Crippen molar-refractivity contribution in [2.24, 2.45) is 4.76 Å². The van der Waals surface area contributed by atoms with Crippen molar-refractivity contribution in [2.45, 2.75) is 5.66 Å². The lowest BCUT2D eigenvalue weighted by molar-refractivity contribution is 1.17. The summed E-state index contributed by atoms with van der Waals surface area (Å²) in [6.07, 6.45) is 10.5. The number of allylic oxidation sites excluding steroid dienone is 4. The van der Waals surface area contributed by atoms with E-state index in [-0.39, 0.29) is 8.22 Å². The monoisotopic (exact) mass is 152 g/mol. The Hall–Kier alpha value is -0.460. The fourth-order valence-electron chi connectivity index (χ4n) is 1.07. The van der Waals surface area contributed by atoms with Gasteiger partial charge in [-0.1, -0.05) is 24.3 Å². The lowest BCUT2D eigenvalue weighted by Gasteiger charge is -2.10. The van der Waals surface area contributed by atoms with Gasteiger partial charge in [-0.2, -0.15) is 0 Å². The maximum Gasteiger partial charge on any atom is 0.0972 e. The molecule has 3 heteroatoms. The molecular formula is C7H9N2P. The maximum atomic E-state index is 4.34. The van der Waals surface area contributed by atoms with Crippen molar-refractivity contribution >= 4 is 14.4 Å². The van der Waals surface area contributed by atoms with Gasteiger partial charge in [0, 0.05) is 18.4 Å². The van der Waals surface area contributed by atoms with Gasteiger partial charge in [0.2, 0.25) is 0 Å². The average molecular weight is 152 g/mol. The lowest BCUT2D eigenvalue weighted by Crippen LogP contribution is -2.07. The molecule has 0 saturated carbocycles. The van der Waals surface area contributed by atoms with Gasteiger partial charge >= 0.3 is 0 Å². The fraction of sp³-hybridized carbons (Fsp3) is 0.286. The quantitative estimate of drug-likeness (QED) is 0.565. The Morgan fingerprint density at radius 3 is 2.80 bits per heavy atom. The van der Waals surface area contributed by atoms with Crippen LogP contribution in [0.1, 0.15) is 0 Å². The summed E-state index contributed by atoms with van der Waals surface area (Å²) in [5, 5.41) is 3.34. The SMILES string of the molecule is C1=CC(P2N=CCN2)C=C1. The van der Waals surface area contributed by atoms with Crippen LogP contribution >= 0.6 is 8.22 Å². The van der Waals surface area contributed by atoms with E-state index in [0.29, 0.717) is 5.66 Å². The highest BCUT2D eigenvalue weighted by molar-refractivity contribution is 7.56. The topological polar surface area (TPSA) is 24.4 Å². The molecule has 1 aliphatic carbocycles. The maximum absolute atomic E-state index is 4.34. The minimum absolute atomic E-state index is 0.300. The van der Waals surface area contributed by atoms with Gasteiger partial charge in [0.15, 0.2) is 0 Å². The van der Waals surface area contributed by atoms with Gasteiger partial charge in [0.05, 0.1) is 8.22 Å². The highest BCUT2D eigenvalue weighted by atomic mass is 31.1. The van der Waals surface area contributed by atoms with Crippen LogP contribution in [0, 0.1) is 0 Å². The summed E-state index contributed by atoms with van der Waals surface area (Å²) >= 11 is 0. The van der Waals surface area contributed by atoms with Gasteiger partial charge in [0.25, 0.3) is 0 Å². The van der Waals surface area contributed by atoms with E-state index in [9.17, 15) is 0 Å². The van der Waals surface area contributed by atoms with Gasteiger partial charge < -0.3 is 0 Å². The number of hydrogen-bond donors (Lipinski definition) is 1. The summed E-state index contributed by atoms with van der Waals surface area (Å²) in [5.74, 6) is 0. The molecular weight excluding hydrogens is 143 g/mol. The molecule has 1 aliphatic heterocycles. The molecule has 10 heavy (non-hydrogen) atoms. The smallest absolute Gasteiger partial charge is 0.0972 e. The molecule has 1 heterocycles. The molecule has 1 N–H and O–H groups in total. The fourth-order valence-corrected chi connectivity index (χ4v) is 2.57. The first-order valence-corrected chi connectivity index (χ1v) is 4.73. The zero-order valence-electron chi connectivity index (χ0n) is 5.57. The van der Waals surface area contributed by atoms with Gasteiger partial charge in [0.1, 0.15) is 0 Å². The van der Waals surface area contributed by atoms with Crippen LogP contribution < -0.4 is 5.09 Å². The Bertz CT molecular complexity index is 196. The van der Waals surface area contributed by atoms with Crippen molar-refractivity contribution in [3.8, 4) is 0 Å². The van der Waals surface area contributed by atoms with Gasteiger partial charge in [-0.15, -0.1) is 0 Å². The second-order valence-electron chi connectivity index (χ2n) is 2.27. The van der Waals surface area contributed by atoms with Crippen LogP contribution in [0.3, 0.4) is 0 Å². The minimum atomic E-state index is -0.300. The first-order chi connectivity index (χ1) is 4.97. The van der Waals surface area contributed by atoms with Crippen molar-refractivity contribution in [1.82, 2.24) is 5.09 Å². The Balaban J connectivity index is 2.05. The second kappa shape index (κ2) is 2.65. The van der Waals surface area contributed by atoms with Gasteiger partial charge in [-0.25, -0.2) is 0 Å². The molecule has 0 spiro atoms. The molecule has 1 unspecified atom stereocenters. The van der Waals surface area contributed by atoms with E-state index in [0.717, 1.165) is 6.54 Å². The largest absolute Gasteiger partial charge is 0.272 e. The summed E-state index contributed by atoms with van der Waals surface area (Å²) in [5.41, 5.74) is 0.550. The Labute approximate surface area is 61.6 Å². The second-order valence-corrected chi connectivity index (χ2v) is 4.10. The summed E-state index contributed by atoms with van der Waals surface area (Å²) in [6.45, 7) is 0.948. The van der Waals surface area contributed by atoms with E-state index in [1.54, 1.807) is 0 Å². The first kappa shape index (κ1) is 6.26. The third kappa shape index (κ3) is 1.05. The van der Waals surface area contributed by atoms with Crippen molar-refractivity contribution in [3.05, 3.63) is 24.3 Å². The van der Waals surface area contributed by atoms with Crippen LogP contribution in [-0.4, -0.2) is 18.4 Å². The normalized spacial score (nSPS) is 30.6. The molecule has 1 atom stereocenters. The molecule has 0 saturated heterocycles. The molecule has 2 rings (SSSR count). The van der Waals surface area contributed by atoms with Crippen molar-refractivity contribution in [3.63, 3.8) is 0 Å². The standard InChI is InChI=1S/C7H9N2P/c1-2-4-7(3-1)10-8-5-6-9-10/h1-5,7,9H,6H2. The number of nitrogens with one attached hydrogen (secondary N) is 1. The molecule has 0 aromatic carbocycles. The van der Waals surface area contributed by atoms with E-state index in [1.165, 1.54) is 0 Å². The van der Waals surface area contributed by atoms with E-state index in [1.807, 2.05) is 6.21 Å². The summed E-state index contributed by atoms with van der Waals surface area (Å²) in [7, 11) is -0.300. The zero-order valence-corrected chi connectivity index (χ0v) is 6.46. The van der Waals surface area contributed by atoms with E-state index < -0.39 is 0 Å². The molecule has 0 aromatic rings. The summed E-state index contributed by atoms with van der Waals surface area (Å²) in [4.78, 5) is 0. The van der Waals surface area contributed by atoms with Crippen LogP contribution in [0.5, 0.6) is 0 Å². The van der Waals surface area contributed by atoms with Crippen LogP contribution in [0.2, 0.25) is 0 Å². The zero-order chi connectivity index (χ0) is 6.81. The Kier molecular flexibility index (Phi) is 1.66. The average Bonchev–Trinajstić information content (AvgIpc) is 2.59. The lowest BCUT2D eigenvalue weighted by atomic mass is 10.5. The third-order valence-corrected chi connectivity index (χ3v) is 3.39. The molecule has 0 aromatic heterocycles. The molecule has 2 nitrogen and oxygen atoms in total. The van der Waals surface area contributed by atoms with E-state index >= 15 is 0 Å². The Morgan fingerprint density at radius 2 is 2.20 bits per heavy atom. The first-order valence-electron chi connectivity index (χ1n) is 3.37. The van der Waals surface area contributed by atoms with Crippen LogP contribution in [0.4, 0.5) is 0 Å². The molecule has 0 amide bonds. The van der Waals surface area contributed by atoms with Gasteiger partial charge in [-0.05, 0) is 0 Å². The predicted molar refractivity (Wildman–Crippen MR) is 45.5 cm³/mol. The Morgan fingerprint density at radius 1 is 1.40 bits per heavy atom. The molecule has 0 bridgehead atoms. The molecule has 0 radical (unpaired) electrons. The van der Waals surface area contributed by atoms with Crippen LogP contribution in [0.15, 0.2) is 29.1 Å². The predicted octanol–water partition coefficient (Wildman–Crippen LogP) is 1.47. The van der Waals surface area contributed by atoms with Crippen LogP contribution in [-0.2, 0) is 0 Å². The highest BCUT2D eigenvalue weighted by Gasteiger charge is 2.18. The number of rotatable bonds is 1.